The number of hydrogen-bond acceptors (Lipinski definition) is 3. The van der Waals surface area contributed by atoms with Gasteiger partial charge in [0.2, 0.25) is 5.91 Å². The van der Waals surface area contributed by atoms with Crippen molar-refractivity contribution in [3.63, 3.8) is 0 Å². The Morgan fingerprint density at radius 3 is 2.28 bits per heavy atom. The number of aliphatic carboxylic acids is 1. The lowest BCUT2D eigenvalue weighted by atomic mass is 10.1. The fourth-order valence-electron chi connectivity index (χ4n) is 1.45. The highest BCUT2D eigenvalue weighted by molar-refractivity contribution is 5.82. The maximum Gasteiger partial charge on any atom is 0.322 e. The van der Waals surface area contributed by atoms with Gasteiger partial charge >= 0.3 is 5.97 Å². The number of nitrogens with one attached hydrogen (secondary N) is 2. The van der Waals surface area contributed by atoms with Gasteiger partial charge in [0.25, 0.3) is 0 Å². The first-order chi connectivity index (χ1) is 8.61. The Balaban J connectivity index is 2.24. The van der Waals surface area contributed by atoms with Gasteiger partial charge in [-0.1, -0.05) is 31.2 Å². The molecular formula is C13H18N2O3. The number of carboxylic acids is 1. The van der Waals surface area contributed by atoms with E-state index in [2.05, 4.69) is 29.7 Å². The van der Waals surface area contributed by atoms with E-state index in [-0.39, 0.29) is 19.0 Å². The Labute approximate surface area is 106 Å². The first-order valence-corrected chi connectivity index (χ1v) is 5.89. The van der Waals surface area contributed by atoms with Crippen LogP contribution in [0.25, 0.3) is 0 Å². The van der Waals surface area contributed by atoms with Crippen molar-refractivity contribution < 1.29 is 14.7 Å². The molecule has 0 fully saturated rings. The third kappa shape index (κ3) is 5.45. The van der Waals surface area contributed by atoms with E-state index in [0.717, 1.165) is 12.0 Å². The predicted molar refractivity (Wildman–Crippen MR) is 68.2 cm³/mol. The molecule has 0 aromatic heterocycles. The van der Waals surface area contributed by atoms with E-state index in [1.807, 2.05) is 12.1 Å². The van der Waals surface area contributed by atoms with Gasteiger partial charge in [-0.25, -0.2) is 0 Å². The molecule has 98 valence electrons. The van der Waals surface area contributed by atoms with E-state index >= 15 is 0 Å². The van der Waals surface area contributed by atoms with Crippen molar-refractivity contribution in [2.24, 2.45) is 0 Å². The average molecular weight is 250 g/mol. The van der Waals surface area contributed by atoms with E-state index in [9.17, 15) is 9.59 Å². The number of rotatable bonds is 7. The number of carbonyl (C=O) groups excluding carboxylic acids is 1. The molecule has 0 aliphatic carbocycles. The third-order valence-electron chi connectivity index (χ3n) is 2.48. The highest BCUT2D eigenvalue weighted by atomic mass is 16.4. The standard InChI is InChI=1S/C13H18N2O3/c1-2-10-3-5-11(6-4-10)7-14-8-12(16)15-9-13(17)18/h3-6,14H,2,7-9H2,1H3,(H,15,16)(H,17,18). The quantitative estimate of drug-likeness (QED) is 0.660. The van der Waals surface area contributed by atoms with Gasteiger partial charge in [0.1, 0.15) is 6.54 Å². The van der Waals surface area contributed by atoms with E-state index in [4.69, 9.17) is 5.11 Å². The molecule has 1 aromatic rings. The smallest absolute Gasteiger partial charge is 0.322 e. The van der Waals surface area contributed by atoms with Crippen LogP contribution in [-0.4, -0.2) is 30.1 Å². The summed E-state index contributed by atoms with van der Waals surface area (Å²) >= 11 is 0. The Kier molecular flexibility index (Phi) is 5.87. The molecule has 18 heavy (non-hydrogen) atoms. The lowest BCUT2D eigenvalue weighted by Crippen LogP contribution is -2.36. The average Bonchev–Trinajstić information content (AvgIpc) is 2.37. The number of benzene rings is 1. The Bertz CT molecular complexity index is 401. The largest absolute Gasteiger partial charge is 0.480 e. The van der Waals surface area contributed by atoms with Crippen LogP contribution in [0.5, 0.6) is 0 Å². The van der Waals surface area contributed by atoms with Crippen LogP contribution in [0.4, 0.5) is 0 Å². The lowest BCUT2D eigenvalue weighted by molar-refractivity contribution is -0.137. The van der Waals surface area contributed by atoms with Crippen LogP contribution in [0.3, 0.4) is 0 Å². The SMILES string of the molecule is CCc1ccc(CNCC(=O)NCC(=O)O)cc1. The molecule has 0 aliphatic rings. The maximum absolute atomic E-state index is 11.2. The summed E-state index contributed by atoms with van der Waals surface area (Å²) < 4.78 is 0. The Morgan fingerprint density at radius 1 is 1.11 bits per heavy atom. The zero-order valence-electron chi connectivity index (χ0n) is 10.4. The van der Waals surface area contributed by atoms with Crippen molar-refractivity contribution in [2.75, 3.05) is 13.1 Å². The fourth-order valence-corrected chi connectivity index (χ4v) is 1.45. The highest BCUT2D eigenvalue weighted by Crippen LogP contribution is 2.04. The predicted octanol–water partition coefficient (Wildman–Crippen LogP) is 0.539. The topological polar surface area (TPSA) is 78.4 Å². The maximum atomic E-state index is 11.2. The second-order valence-electron chi connectivity index (χ2n) is 3.94. The number of amides is 1. The minimum Gasteiger partial charge on any atom is -0.480 e. The highest BCUT2D eigenvalue weighted by Gasteiger charge is 2.02. The van der Waals surface area contributed by atoms with Crippen LogP contribution in [0.2, 0.25) is 0 Å². The molecule has 0 aliphatic heterocycles. The zero-order valence-corrected chi connectivity index (χ0v) is 10.4. The molecule has 1 amide bonds. The molecular weight excluding hydrogens is 232 g/mol. The summed E-state index contributed by atoms with van der Waals surface area (Å²) in [6, 6.07) is 8.14. The Morgan fingerprint density at radius 2 is 1.72 bits per heavy atom. The molecule has 0 spiro atoms. The van der Waals surface area contributed by atoms with Crippen LogP contribution >= 0.6 is 0 Å². The van der Waals surface area contributed by atoms with Crippen LogP contribution in [-0.2, 0) is 22.6 Å². The van der Waals surface area contributed by atoms with Crippen LogP contribution in [0, 0.1) is 0 Å². The molecule has 3 N–H and O–H groups in total. The van der Waals surface area contributed by atoms with Crippen molar-refractivity contribution in [2.45, 2.75) is 19.9 Å². The van der Waals surface area contributed by atoms with Crippen molar-refractivity contribution >= 4 is 11.9 Å². The molecule has 5 nitrogen and oxygen atoms in total. The molecule has 5 heteroatoms. The molecule has 0 saturated carbocycles. The van der Waals surface area contributed by atoms with Crippen LogP contribution in [0.15, 0.2) is 24.3 Å². The number of hydrogen-bond donors (Lipinski definition) is 3. The molecule has 1 aromatic carbocycles. The number of carbonyl (C=O) groups is 2. The van der Waals surface area contributed by atoms with Crippen molar-refractivity contribution in [1.82, 2.24) is 10.6 Å². The van der Waals surface area contributed by atoms with Gasteiger partial charge in [-0.3, -0.25) is 9.59 Å². The molecule has 0 atom stereocenters. The summed E-state index contributed by atoms with van der Waals surface area (Å²) in [5, 5.41) is 13.6. The molecule has 0 heterocycles. The summed E-state index contributed by atoms with van der Waals surface area (Å²) in [6.07, 6.45) is 1.01. The molecule has 0 bridgehead atoms. The summed E-state index contributed by atoms with van der Waals surface area (Å²) in [4.78, 5) is 21.4. The van der Waals surface area contributed by atoms with E-state index in [1.165, 1.54) is 5.56 Å². The van der Waals surface area contributed by atoms with Crippen molar-refractivity contribution in [1.29, 1.82) is 0 Å². The monoisotopic (exact) mass is 250 g/mol. The Hall–Kier alpha value is -1.88. The van der Waals surface area contributed by atoms with Gasteiger partial charge in [-0.15, -0.1) is 0 Å². The second kappa shape index (κ2) is 7.45. The molecule has 0 radical (unpaired) electrons. The van der Waals surface area contributed by atoms with Gasteiger partial charge in [-0.05, 0) is 17.5 Å². The van der Waals surface area contributed by atoms with Crippen LogP contribution in [0.1, 0.15) is 18.1 Å². The second-order valence-corrected chi connectivity index (χ2v) is 3.94. The summed E-state index contributed by atoms with van der Waals surface area (Å²) in [5.41, 5.74) is 2.37. The first-order valence-electron chi connectivity index (χ1n) is 5.89. The van der Waals surface area contributed by atoms with Gasteiger partial charge < -0.3 is 15.7 Å². The van der Waals surface area contributed by atoms with Crippen molar-refractivity contribution in [3.8, 4) is 0 Å². The van der Waals surface area contributed by atoms with E-state index in [1.54, 1.807) is 0 Å². The zero-order chi connectivity index (χ0) is 13.4. The van der Waals surface area contributed by atoms with Gasteiger partial charge in [0.05, 0.1) is 6.54 Å². The lowest BCUT2D eigenvalue weighted by Gasteiger charge is -2.06. The summed E-state index contributed by atoms with van der Waals surface area (Å²) in [6.45, 7) is 2.46. The minimum absolute atomic E-state index is 0.114. The number of carboxylic acid groups (broad SMARTS) is 1. The molecule has 1 rings (SSSR count). The first kappa shape index (κ1) is 14.2. The van der Waals surface area contributed by atoms with Gasteiger partial charge in [0.15, 0.2) is 0 Å². The minimum atomic E-state index is -1.04. The molecule has 0 saturated heterocycles. The van der Waals surface area contributed by atoms with E-state index in [0.29, 0.717) is 6.54 Å². The summed E-state index contributed by atoms with van der Waals surface area (Å²) in [7, 11) is 0. The summed E-state index contributed by atoms with van der Waals surface area (Å²) in [5.74, 6) is -1.36. The van der Waals surface area contributed by atoms with Gasteiger partial charge in [0, 0.05) is 6.54 Å². The number of aryl methyl sites for hydroxylation is 1. The molecule has 0 unspecified atom stereocenters. The van der Waals surface area contributed by atoms with Crippen LogP contribution < -0.4 is 10.6 Å². The third-order valence-corrected chi connectivity index (χ3v) is 2.48. The van der Waals surface area contributed by atoms with Gasteiger partial charge in [-0.2, -0.15) is 0 Å². The van der Waals surface area contributed by atoms with E-state index < -0.39 is 5.97 Å². The normalized spacial score (nSPS) is 10.1. The fraction of sp³-hybridized carbons (Fsp3) is 0.385. The van der Waals surface area contributed by atoms with Crippen molar-refractivity contribution in [3.05, 3.63) is 35.4 Å².